The third kappa shape index (κ3) is 3.55. The zero-order valence-corrected chi connectivity index (χ0v) is 16.9. The lowest BCUT2D eigenvalue weighted by Gasteiger charge is -2.19. The highest BCUT2D eigenvalue weighted by atomic mass is 16.5. The van der Waals surface area contributed by atoms with Crippen LogP contribution < -0.4 is 14.4 Å². The van der Waals surface area contributed by atoms with Gasteiger partial charge in [0.15, 0.2) is 5.82 Å². The Hall–Kier alpha value is -3.35. The van der Waals surface area contributed by atoms with Gasteiger partial charge in [-0.2, -0.15) is 4.98 Å². The van der Waals surface area contributed by atoms with Crippen molar-refractivity contribution < 1.29 is 18.8 Å². The number of hydrogen-bond acceptors (Lipinski definition) is 6. The van der Waals surface area contributed by atoms with Crippen molar-refractivity contribution in [1.82, 2.24) is 10.1 Å². The predicted molar refractivity (Wildman–Crippen MR) is 108 cm³/mol. The van der Waals surface area contributed by atoms with Gasteiger partial charge in [-0.1, -0.05) is 11.2 Å². The van der Waals surface area contributed by atoms with Crippen molar-refractivity contribution in [1.29, 1.82) is 0 Å². The van der Waals surface area contributed by atoms with E-state index in [1.165, 1.54) is 5.56 Å². The minimum atomic E-state index is -0.140. The highest BCUT2D eigenvalue weighted by molar-refractivity contribution is 5.97. The van der Waals surface area contributed by atoms with E-state index in [1.807, 2.05) is 37.3 Å². The number of anilines is 1. The molecule has 1 aliphatic rings. The first-order chi connectivity index (χ1) is 14.0. The van der Waals surface area contributed by atoms with Gasteiger partial charge in [0.25, 0.3) is 5.89 Å². The quantitative estimate of drug-likeness (QED) is 0.654. The van der Waals surface area contributed by atoms with Crippen LogP contribution >= 0.6 is 0 Å². The van der Waals surface area contributed by atoms with Crippen LogP contribution in [0.5, 0.6) is 11.5 Å². The largest absolute Gasteiger partial charge is 0.497 e. The monoisotopic (exact) mass is 393 g/mol. The highest BCUT2D eigenvalue weighted by Gasteiger charge is 2.36. The molecule has 1 aromatic heterocycles. The molecule has 1 unspecified atom stereocenters. The molecular formula is C22H23N3O4. The summed E-state index contributed by atoms with van der Waals surface area (Å²) >= 11 is 0. The average Bonchev–Trinajstić information content (AvgIpc) is 3.36. The van der Waals surface area contributed by atoms with E-state index in [0.717, 1.165) is 11.1 Å². The number of hydrogen-bond donors (Lipinski definition) is 0. The molecule has 3 aromatic rings. The maximum absolute atomic E-state index is 12.7. The Morgan fingerprint density at radius 3 is 2.62 bits per heavy atom. The lowest BCUT2D eigenvalue weighted by atomic mass is 10.1. The molecule has 0 radical (unpaired) electrons. The van der Waals surface area contributed by atoms with Gasteiger partial charge < -0.3 is 18.9 Å². The summed E-state index contributed by atoms with van der Waals surface area (Å²) < 4.78 is 16.2. The lowest BCUT2D eigenvalue weighted by Crippen LogP contribution is -2.24. The molecule has 0 aliphatic carbocycles. The van der Waals surface area contributed by atoms with Gasteiger partial charge in [0.2, 0.25) is 5.91 Å². The zero-order chi connectivity index (χ0) is 20.5. The predicted octanol–water partition coefficient (Wildman–Crippen LogP) is 3.89. The van der Waals surface area contributed by atoms with Crippen molar-refractivity contribution in [2.75, 3.05) is 25.7 Å². The average molecular weight is 393 g/mol. The van der Waals surface area contributed by atoms with E-state index in [-0.39, 0.29) is 11.8 Å². The van der Waals surface area contributed by atoms with Gasteiger partial charge in [-0.05, 0) is 49.2 Å². The number of carbonyl (C=O) groups excluding carboxylic acids is 1. The molecule has 7 nitrogen and oxygen atoms in total. The van der Waals surface area contributed by atoms with Gasteiger partial charge in [0, 0.05) is 30.5 Å². The standard InChI is InChI=1S/C22H23N3O4/c1-13-5-6-15(9-14(13)2)22-23-21(24-29-22)16-10-20(26)25(12-16)18-8-7-17(27-3)11-19(18)28-4/h5-9,11,16H,10,12H2,1-4H3. The van der Waals surface area contributed by atoms with Gasteiger partial charge >= 0.3 is 0 Å². The minimum absolute atomic E-state index is 0.00371. The highest BCUT2D eigenvalue weighted by Crippen LogP contribution is 2.38. The molecule has 1 fully saturated rings. The first kappa shape index (κ1) is 19.0. The molecule has 2 aromatic carbocycles. The van der Waals surface area contributed by atoms with Gasteiger partial charge in [0.05, 0.1) is 19.9 Å². The summed E-state index contributed by atoms with van der Waals surface area (Å²) in [4.78, 5) is 19.0. The number of ether oxygens (including phenoxy) is 2. The zero-order valence-electron chi connectivity index (χ0n) is 16.9. The van der Waals surface area contributed by atoms with Crippen molar-refractivity contribution in [3.05, 3.63) is 53.3 Å². The molecule has 29 heavy (non-hydrogen) atoms. The van der Waals surface area contributed by atoms with Crippen LogP contribution in [0.15, 0.2) is 40.9 Å². The van der Waals surface area contributed by atoms with Crippen LogP contribution in [0.3, 0.4) is 0 Å². The van der Waals surface area contributed by atoms with Crippen molar-refractivity contribution in [2.24, 2.45) is 0 Å². The third-order valence-corrected chi connectivity index (χ3v) is 5.36. The molecule has 0 saturated carbocycles. The molecule has 4 rings (SSSR count). The van der Waals surface area contributed by atoms with Crippen LogP contribution in [0.2, 0.25) is 0 Å². The normalized spacial score (nSPS) is 16.3. The Balaban J connectivity index is 1.57. The SMILES string of the molecule is COc1ccc(N2CC(c3noc(-c4ccc(C)c(C)c4)n3)CC2=O)c(OC)c1. The van der Waals surface area contributed by atoms with E-state index < -0.39 is 0 Å². The number of nitrogens with zero attached hydrogens (tertiary/aromatic N) is 3. The van der Waals surface area contributed by atoms with Crippen LogP contribution in [0, 0.1) is 13.8 Å². The van der Waals surface area contributed by atoms with Crippen molar-refractivity contribution in [3.63, 3.8) is 0 Å². The molecular weight excluding hydrogens is 370 g/mol. The first-order valence-corrected chi connectivity index (χ1v) is 9.43. The van der Waals surface area contributed by atoms with E-state index in [9.17, 15) is 4.79 Å². The number of rotatable bonds is 5. The van der Waals surface area contributed by atoms with Crippen LogP contribution in [-0.4, -0.2) is 36.8 Å². The Labute approximate surface area is 169 Å². The van der Waals surface area contributed by atoms with Crippen LogP contribution in [0.1, 0.15) is 29.3 Å². The lowest BCUT2D eigenvalue weighted by molar-refractivity contribution is -0.117. The summed E-state index contributed by atoms with van der Waals surface area (Å²) in [6.07, 6.45) is 0.321. The first-order valence-electron chi connectivity index (χ1n) is 9.43. The topological polar surface area (TPSA) is 77.7 Å². The summed E-state index contributed by atoms with van der Waals surface area (Å²) in [5, 5.41) is 4.14. The van der Waals surface area contributed by atoms with E-state index in [1.54, 1.807) is 25.2 Å². The molecule has 2 heterocycles. The Kier molecular flexibility index (Phi) is 4.96. The fraction of sp³-hybridized carbons (Fsp3) is 0.318. The fourth-order valence-electron chi connectivity index (χ4n) is 3.51. The summed E-state index contributed by atoms with van der Waals surface area (Å²) in [6, 6.07) is 11.4. The molecule has 0 bridgehead atoms. The summed E-state index contributed by atoms with van der Waals surface area (Å²) in [5.41, 5.74) is 3.96. The second-order valence-corrected chi connectivity index (χ2v) is 7.20. The molecule has 1 amide bonds. The second kappa shape index (κ2) is 7.58. The number of amides is 1. The van der Waals surface area contributed by atoms with Gasteiger partial charge in [-0.25, -0.2) is 0 Å². The van der Waals surface area contributed by atoms with Crippen LogP contribution in [0.25, 0.3) is 11.5 Å². The van der Waals surface area contributed by atoms with Gasteiger partial charge in [0.1, 0.15) is 11.5 Å². The number of benzene rings is 2. The smallest absolute Gasteiger partial charge is 0.257 e. The van der Waals surface area contributed by atoms with Crippen LogP contribution in [0.4, 0.5) is 5.69 Å². The number of aromatic nitrogens is 2. The Morgan fingerprint density at radius 2 is 1.90 bits per heavy atom. The molecule has 0 spiro atoms. The van der Waals surface area contributed by atoms with Gasteiger partial charge in [-0.3, -0.25) is 4.79 Å². The van der Waals surface area contributed by atoms with E-state index in [2.05, 4.69) is 17.1 Å². The molecule has 1 aliphatic heterocycles. The minimum Gasteiger partial charge on any atom is -0.497 e. The van der Waals surface area contributed by atoms with E-state index in [0.29, 0.717) is 41.9 Å². The second-order valence-electron chi connectivity index (χ2n) is 7.20. The maximum Gasteiger partial charge on any atom is 0.257 e. The van der Waals surface area contributed by atoms with Crippen LogP contribution in [-0.2, 0) is 4.79 Å². The Bertz CT molecular complexity index is 1060. The molecule has 7 heteroatoms. The summed E-state index contributed by atoms with van der Waals surface area (Å²) in [7, 11) is 3.17. The number of carbonyl (C=O) groups is 1. The Morgan fingerprint density at radius 1 is 1.07 bits per heavy atom. The third-order valence-electron chi connectivity index (χ3n) is 5.36. The summed E-state index contributed by atoms with van der Waals surface area (Å²) in [5.74, 6) is 2.12. The maximum atomic E-state index is 12.7. The van der Waals surface area contributed by atoms with Crippen molar-refractivity contribution in [2.45, 2.75) is 26.2 Å². The molecule has 150 valence electrons. The number of methoxy groups -OCH3 is 2. The van der Waals surface area contributed by atoms with Crippen molar-refractivity contribution in [3.8, 4) is 23.0 Å². The van der Waals surface area contributed by atoms with Crippen molar-refractivity contribution >= 4 is 11.6 Å². The molecule has 1 atom stereocenters. The number of aryl methyl sites for hydroxylation is 2. The van der Waals surface area contributed by atoms with E-state index in [4.69, 9.17) is 14.0 Å². The molecule has 1 saturated heterocycles. The van der Waals surface area contributed by atoms with Gasteiger partial charge in [-0.15, -0.1) is 0 Å². The fourth-order valence-corrected chi connectivity index (χ4v) is 3.51. The van der Waals surface area contributed by atoms with E-state index >= 15 is 0 Å². The summed E-state index contributed by atoms with van der Waals surface area (Å²) in [6.45, 7) is 4.57. The molecule has 0 N–H and O–H groups in total.